The Morgan fingerprint density at radius 3 is 3.00 bits per heavy atom. The second-order valence-electron chi connectivity index (χ2n) is 5.01. The molecule has 0 amide bonds. The van der Waals surface area contributed by atoms with Crippen molar-refractivity contribution in [1.82, 2.24) is 9.78 Å². The molecule has 2 aromatic rings. The van der Waals surface area contributed by atoms with E-state index in [0.29, 0.717) is 12.1 Å². The van der Waals surface area contributed by atoms with Gasteiger partial charge in [-0.1, -0.05) is 12.1 Å². The summed E-state index contributed by atoms with van der Waals surface area (Å²) in [7, 11) is 0. The van der Waals surface area contributed by atoms with Crippen LogP contribution in [0.3, 0.4) is 0 Å². The first-order chi connectivity index (χ1) is 9.33. The molecule has 19 heavy (non-hydrogen) atoms. The van der Waals surface area contributed by atoms with E-state index >= 15 is 0 Å². The molecule has 1 N–H and O–H groups in total. The largest absolute Gasteiger partial charge is 0.380 e. The minimum absolute atomic E-state index is 0.336. The molecule has 100 valence electrons. The van der Waals surface area contributed by atoms with Gasteiger partial charge in [-0.25, -0.2) is 4.68 Å². The predicted molar refractivity (Wildman–Crippen MR) is 75.6 cm³/mol. The summed E-state index contributed by atoms with van der Waals surface area (Å²) in [5, 5.41) is 7.93. The molecule has 0 radical (unpaired) electrons. The van der Waals surface area contributed by atoms with Crippen LogP contribution in [-0.4, -0.2) is 28.5 Å². The number of ether oxygens (including phenoxy) is 1. The summed E-state index contributed by atoms with van der Waals surface area (Å²) >= 11 is 0. The summed E-state index contributed by atoms with van der Waals surface area (Å²) in [6.07, 6.45) is 6.20. The van der Waals surface area contributed by atoms with Crippen molar-refractivity contribution in [3.8, 4) is 5.69 Å². The smallest absolute Gasteiger partial charge is 0.0876 e. The Balaban J connectivity index is 1.81. The minimum atomic E-state index is 0.336. The van der Waals surface area contributed by atoms with Crippen LogP contribution in [0.25, 0.3) is 5.69 Å². The van der Waals surface area contributed by atoms with Gasteiger partial charge in [0.1, 0.15) is 0 Å². The summed E-state index contributed by atoms with van der Waals surface area (Å²) in [6.45, 7) is 2.97. The molecule has 2 atom stereocenters. The Kier molecular flexibility index (Phi) is 3.51. The third-order valence-corrected chi connectivity index (χ3v) is 3.50. The van der Waals surface area contributed by atoms with Gasteiger partial charge in [-0.2, -0.15) is 5.10 Å². The molecule has 4 heteroatoms. The number of para-hydroxylation sites is 2. The summed E-state index contributed by atoms with van der Waals surface area (Å²) in [5.41, 5.74) is 2.22. The molecule has 1 fully saturated rings. The predicted octanol–water partition coefficient (Wildman–Crippen LogP) is 2.85. The fourth-order valence-corrected chi connectivity index (χ4v) is 2.56. The molecule has 4 nitrogen and oxygen atoms in total. The van der Waals surface area contributed by atoms with Gasteiger partial charge in [-0.05, 0) is 38.0 Å². The van der Waals surface area contributed by atoms with Crippen LogP contribution in [0.1, 0.15) is 19.8 Å². The van der Waals surface area contributed by atoms with Crippen molar-refractivity contribution in [2.75, 3.05) is 11.9 Å². The summed E-state index contributed by atoms with van der Waals surface area (Å²) < 4.78 is 7.48. The second-order valence-corrected chi connectivity index (χ2v) is 5.01. The van der Waals surface area contributed by atoms with Crippen molar-refractivity contribution in [2.45, 2.75) is 31.9 Å². The highest BCUT2D eigenvalue weighted by molar-refractivity contribution is 5.61. The van der Waals surface area contributed by atoms with Crippen LogP contribution in [0, 0.1) is 0 Å². The number of rotatable bonds is 3. The van der Waals surface area contributed by atoms with Gasteiger partial charge in [-0.3, -0.25) is 0 Å². The van der Waals surface area contributed by atoms with E-state index < -0.39 is 0 Å². The van der Waals surface area contributed by atoms with E-state index in [1.165, 1.54) is 0 Å². The molecule has 0 saturated carbocycles. The highest BCUT2D eigenvalue weighted by Crippen LogP contribution is 2.23. The first-order valence-electron chi connectivity index (χ1n) is 6.80. The van der Waals surface area contributed by atoms with Gasteiger partial charge in [0.15, 0.2) is 0 Å². The molecule has 0 aliphatic carbocycles. The van der Waals surface area contributed by atoms with E-state index in [2.05, 4.69) is 35.5 Å². The van der Waals surface area contributed by atoms with Crippen molar-refractivity contribution in [3.05, 3.63) is 42.7 Å². The Morgan fingerprint density at radius 2 is 2.21 bits per heavy atom. The molecule has 1 aliphatic rings. The van der Waals surface area contributed by atoms with Gasteiger partial charge in [-0.15, -0.1) is 0 Å². The van der Waals surface area contributed by atoms with Crippen molar-refractivity contribution in [3.63, 3.8) is 0 Å². The third kappa shape index (κ3) is 2.79. The van der Waals surface area contributed by atoms with Crippen LogP contribution in [0.2, 0.25) is 0 Å². The maximum absolute atomic E-state index is 5.59. The molecular formula is C15H19N3O. The molecule has 0 bridgehead atoms. The number of aromatic nitrogens is 2. The fourth-order valence-electron chi connectivity index (χ4n) is 2.56. The third-order valence-electron chi connectivity index (χ3n) is 3.50. The van der Waals surface area contributed by atoms with Crippen LogP contribution >= 0.6 is 0 Å². The Bertz CT molecular complexity index is 524. The molecular weight excluding hydrogens is 238 g/mol. The van der Waals surface area contributed by atoms with Crippen molar-refractivity contribution >= 4 is 5.69 Å². The number of hydrogen-bond donors (Lipinski definition) is 1. The monoisotopic (exact) mass is 257 g/mol. The second kappa shape index (κ2) is 5.45. The van der Waals surface area contributed by atoms with Gasteiger partial charge in [0.25, 0.3) is 0 Å². The summed E-state index contributed by atoms with van der Waals surface area (Å²) in [5.74, 6) is 0. The SMILES string of the molecule is CC1CC(Nc2ccccc2-n2cccn2)CCO1. The number of nitrogens with one attached hydrogen (secondary N) is 1. The van der Waals surface area contributed by atoms with Crippen LogP contribution in [0.15, 0.2) is 42.7 Å². The van der Waals surface area contributed by atoms with Gasteiger partial charge in [0.2, 0.25) is 0 Å². The van der Waals surface area contributed by atoms with Crippen LogP contribution in [-0.2, 0) is 4.74 Å². The average molecular weight is 257 g/mol. The summed E-state index contributed by atoms with van der Waals surface area (Å²) in [4.78, 5) is 0. The van der Waals surface area contributed by atoms with E-state index in [1.54, 1.807) is 6.20 Å². The Labute approximate surface area is 113 Å². The summed E-state index contributed by atoms with van der Waals surface area (Å²) in [6, 6.07) is 10.7. The quantitative estimate of drug-likeness (QED) is 0.919. The zero-order valence-corrected chi connectivity index (χ0v) is 11.1. The number of anilines is 1. The van der Waals surface area contributed by atoms with Gasteiger partial charge < -0.3 is 10.1 Å². The van der Waals surface area contributed by atoms with E-state index in [9.17, 15) is 0 Å². The fraction of sp³-hybridized carbons (Fsp3) is 0.400. The topological polar surface area (TPSA) is 39.1 Å². The maximum atomic E-state index is 5.59. The number of benzene rings is 1. The van der Waals surface area contributed by atoms with Crippen LogP contribution in [0.4, 0.5) is 5.69 Å². The zero-order valence-electron chi connectivity index (χ0n) is 11.1. The average Bonchev–Trinajstić information content (AvgIpc) is 2.93. The first-order valence-corrected chi connectivity index (χ1v) is 6.80. The Hall–Kier alpha value is -1.81. The highest BCUT2D eigenvalue weighted by Gasteiger charge is 2.19. The lowest BCUT2D eigenvalue weighted by Crippen LogP contribution is -2.32. The van der Waals surface area contributed by atoms with Gasteiger partial charge >= 0.3 is 0 Å². The molecule has 2 heterocycles. The van der Waals surface area contributed by atoms with Crippen LogP contribution in [0.5, 0.6) is 0 Å². The molecule has 1 aromatic heterocycles. The standard InChI is InChI=1S/C15H19N3O/c1-12-11-13(7-10-19-12)17-14-5-2-3-6-15(14)18-9-4-8-16-18/h2-6,8-9,12-13,17H,7,10-11H2,1H3. The van der Waals surface area contributed by atoms with E-state index in [0.717, 1.165) is 30.8 Å². The van der Waals surface area contributed by atoms with Crippen molar-refractivity contribution in [2.24, 2.45) is 0 Å². The van der Waals surface area contributed by atoms with Crippen molar-refractivity contribution in [1.29, 1.82) is 0 Å². The van der Waals surface area contributed by atoms with E-state index in [1.807, 2.05) is 23.0 Å². The normalized spacial score (nSPS) is 23.2. The molecule has 2 unspecified atom stereocenters. The molecule has 1 aromatic carbocycles. The molecule has 3 rings (SSSR count). The lowest BCUT2D eigenvalue weighted by Gasteiger charge is -2.29. The first kappa shape index (κ1) is 12.2. The lowest BCUT2D eigenvalue weighted by molar-refractivity contribution is 0.0232. The number of hydrogen-bond acceptors (Lipinski definition) is 3. The zero-order chi connectivity index (χ0) is 13.1. The molecule has 0 spiro atoms. The maximum Gasteiger partial charge on any atom is 0.0876 e. The highest BCUT2D eigenvalue weighted by atomic mass is 16.5. The van der Waals surface area contributed by atoms with Crippen molar-refractivity contribution < 1.29 is 4.74 Å². The van der Waals surface area contributed by atoms with Gasteiger partial charge in [0.05, 0.1) is 17.5 Å². The van der Waals surface area contributed by atoms with Gasteiger partial charge in [0, 0.05) is 25.0 Å². The van der Waals surface area contributed by atoms with Crippen LogP contribution < -0.4 is 5.32 Å². The van der Waals surface area contributed by atoms with E-state index in [-0.39, 0.29) is 0 Å². The minimum Gasteiger partial charge on any atom is -0.380 e. The molecule has 1 saturated heterocycles. The molecule has 1 aliphatic heterocycles. The van der Waals surface area contributed by atoms with E-state index in [4.69, 9.17) is 4.74 Å². The lowest BCUT2D eigenvalue weighted by atomic mass is 10.0. The Morgan fingerprint density at radius 1 is 1.32 bits per heavy atom. The number of nitrogens with zero attached hydrogens (tertiary/aromatic N) is 2.